The summed E-state index contributed by atoms with van der Waals surface area (Å²) >= 11 is 0. The number of pyridine rings is 2. The molecule has 6 aromatic rings. The minimum atomic E-state index is -4.52. The fourth-order valence-corrected chi connectivity index (χ4v) is 5.03. The molecule has 0 aliphatic carbocycles. The first-order valence-electron chi connectivity index (χ1n) is 12.3. The lowest BCUT2D eigenvalue weighted by atomic mass is 10.0. The maximum Gasteiger partial charge on any atom is 0.417 e. The molecule has 42 heavy (non-hydrogen) atoms. The molecule has 0 radical (unpaired) electrons. The molecule has 0 saturated heterocycles. The summed E-state index contributed by atoms with van der Waals surface area (Å²) in [4.78, 5) is 34.5. The van der Waals surface area contributed by atoms with Gasteiger partial charge in [-0.15, -0.1) is 9.46 Å². The van der Waals surface area contributed by atoms with E-state index in [9.17, 15) is 35.9 Å². The van der Waals surface area contributed by atoms with Crippen LogP contribution in [0.1, 0.15) is 11.1 Å². The smallest absolute Gasteiger partial charge is 0.413 e. The molecule has 0 N–H and O–H groups in total. The molecule has 0 bridgehead atoms. The second kappa shape index (κ2) is 10.4. The third-order valence-corrected chi connectivity index (χ3v) is 6.72. The van der Waals surface area contributed by atoms with E-state index in [2.05, 4.69) is 0 Å². The van der Waals surface area contributed by atoms with Gasteiger partial charge < -0.3 is 9.68 Å². The quantitative estimate of drug-likeness (QED) is 0.173. The van der Waals surface area contributed by atoms with Gasteiger partial charge in [0.2, 0.25) is 0 Å². The normalized spacial score (nSPS) is 12.0. The van der Waals surface area contributed by atoms with Crippen LogP contribution < -0.4 is 20.8 Å². The summed E-state index contributed by atoms with van der Waals surface area (Å²) in [6, 6.07) is 19.8. The average Bonchev–Trinajstić information content (AvgIpc) is 2.96. The van der Waals surface area contributed by atoms with E-state index in [1.165, 1.54) is 62.8 Å². The lowest BCUT2D eigenvalue weighted by molar-refractivity contribution is -0.137. The second-order valence-corrected chi connectivity index (χ2v) is 9.05. The zero-order valence-corrected chi connectivity index (χ0v) is 21.9. The fraction of sp³-hybridized carbons (Fsp3) is 0.133. The number of nitrogens with zero attached hydrogens (tertiary/aromatic N) is 2. The predicted molar refractivity (Wildman–Crippen MR) is 146 cm³/mol. The molecule has 216 valence electrons. The van der Waals surface area contributed by atoms with Gasteiger partial charge in [0.25, 0.3) is 11.1 Å². The van der Waals surface area contributed by atoms with Crippen LogP contribution >= 0.6 is 0 Å². The molecular weight excluding hydrogens is 566 g/mol. The molecule has 0 fully saturated rings. The van der Waals surface area contributed by atoms with Gasteiger partial charge in [-0.2, -0.15) is 26.3 Å². The number of hydrogen-bond donors (Lipinski definition) is 0. The van der Waals surface area contributed by atoms with Gasteiger partial charge in [0.15, 0.2) is 0 Å². The number of hydrogen-bond acceptors (Lipinski definition) is 4. The van der Waals surface area contributed by atoms with Gasteiger partial charge in [-0.05, 0) is 47.2 Å². The van der Waals surface area contributed by atoms with E-state index in [1.807, 2.05) is 0 Å². The standard InChI is InChI=1S/2C15H10F3NO2/c2*1-21-19-12-8-4-7-11(15(16,17)18)13(12)9-5-2-3-6-10(9)14(19)20/h2*2-8H,1H3. The molecule has 6 rings (SSSR count). The van der Waals surface area contributed by atoms with Crippen LogP contribution in [0.3, 0.4) is 0 Å². The van der Waals surface area contributed by atoms with Crippen LogP contribution in [0.15, 0.2) is 94.5 Å². The first kappa shape index (κ1) is 28.5. The number of halogens is 6. The summed E-state index contributed by atoms with van der Waals surface area (Å²) in [5.41, 5.74) is -2.36. The summed E-state index contributed by atoms with van der Waals surface area (Å²) in [7, 11) is 2.49. The maximum atomic E-state index is 13.3. The van der Waals surface area contributed by atoms with Crippen molar-refractivity contribution in [2.24, 2.45) is 0 Å². The molecule has 0 aliphatic heterocycles. The van der Waals surface area contributed by atoms with E-state index >= 15 is 0 Å². The molecule has 0 spiro atoms. The molecule has 0 aliphatic rings. The lowest BCUT2D eigenvalue weighted by Crippen LogP contribution is -2.26. The summed E-state index contributed by atoms with van der Waals surface area (Å²) in [5, 5.41) is 0.814. The summed E-state index contributed by atoms with van der Waals surface area (Å²) in [6.45, 7) is 0. The fourth-order valence-electron chi connectivity index (χ4n) is 5.03. The Morgan fingerprint density at radius 2 is 0.833 bits per heavy atom. The molecule has 2 aromatic heterocycles. The van der Waals surface area contributed by atoms with Gasteiger partial charge in [-0.3, -0.25) is 9.59 Å². The monoisotopic (exact) mass is 586 g/mol. The van der Waals surface area contributed by atoms with Crippen molar-refractivity contribution in [3.05, 3.63) is 117 Å². The van der Waals surface area contributed by atoms with Crippen LogP contribution in [0.25, 0.3) is 43.4 Å². The largest absolute Gasteiger partial charge is 0.417 e. The van der Waals surface area contributed by atoms with E-state index < -0.39 is 34.6 Å². The molecule has 12 heteroatoms. The number of alkyl halides is 6. The Kier molecular flexibility index (Phi) is 7.09. The van der Waals surface area contributed by atoms with Crippen LogP contribution in [0.2, 0.25) is 0 Å². The van der Waals surface area contributed by atoms with Gasteiger partial charge in [0, 0.05) is 10.8 Å². The van der Waals surface area contributed by atoms with E-state index in [0.29, 0.717) is 0 Å². The van der Waals surface area contributed by atoms with Crippen molar-refractivity contribution >= 4 is 43.4 Å². The number of rotatable bonds is 2. The first-order chi connectivity index (χ1) is 19.9. The van der Waals surface area contributed by atoms with Crippen molar-refractivity contribution < 1.29 is 36.0 Å². The van der Waals surface area contributed by atoms with E-state index in [1.54, 1.807) is 24.3 Å². The van der Waals surface area contributed by atoms with Crippen molar-refractivity contribution in [3.8, 4) is 0 Å². The molecule has 0 atom stereocenters. The van der Waals surface area contributed by atoms with Gasteiger partial charge in [0.1, 0.15) is 14.2 Å². The highest BCUT2D eigenvalue weighted by atomic mass is 19.4. The first-order valence-corrected chi connectivity index (χ1v) is 12.3. The van der Waals surface area contributed by atoms with Crippen LogP contribution in [0.4, 0.5) is 26.3 Å². The Bertz CT molecular complexity index is 1940. The Hall–Kier alpha value is -5.00. The van der Waals surface area contributed by atoms with E-state index in [-0.39, 0.29) is 43.4 Å². The Balaban J connectivity index is 0.000000168. The molecule has 4 aromatic carbocycles. The van der Waals surface area contributed by atoms with Crippen LogP contribution in [-0.4, -0.2) is 23.7 Å². The minimum Gasteiger partial charge on any atom is -0.413 e. The number of fused-ring (bicyclic) bond motifs is 6. The summed E-state index contributed by atoms with van der Waals surface area (Å²) < 4.78 is 81.3. The minimum absolute atomic E-state index is 0.0398. The van der Waals surface area contributed by atoms with Gasteiger partial charge in [-0.25, -0.2) is 0 Å². The zero-order valence-electron chi connectivity index (χ0n) is 21.9. The topological polar surface area (TPSA) is 62.5 Å². The number of benzene rings is 4. The molecule has 6 nitrogen and oxygen atoms in total. The van der Waals surface area contributed by atoms with Crippen molar-refractivity contribution in [3.63, 3.8) is 0 Å². The molecular formula is C30H20F6N2O4. The van der Waals surface area contributed by atoms with Crippen molar-refractivity contribution in [2.45, 2.75) is 12.4 Å². The highest BCUT2D eigenvalue weighted by molar-refractivity contribution is 6.08. The van der Waals surface area contributed by atoms with Crippen LogP contribution in [0.5, 0.6) is 0 Å². The van der Waals surface area contributed by atoms with Gasteiger partial charge in [0.05, 0.1) is 32.9 Å². The van der Waals surface area contributed by atoms with Crippen LogP contribution in [0, 0.1) is 0 Å². The lowest BCUT2D eigenvalue weighted by Gasteiger charge is -2.15. The van der Waals surface area contributed by atoms with Gasteiger partial charge in [-0.1, -0.05) is 48.5 Å². The van der Waals surface area contributed by atoms with Crippen LogP contribution in [-0.2, 0) is 12.4 Å². The number of aromatic nitrogens is 2. The van der Waals surface area contributed by atoms with Gasteiger partial charge >= 0.3 is 12.4 Å². The molecule has 2 heterocycles. The third-order valence-electron chi connectivity index (χ3n) is 6.72. The van der Waals surface area contributed by atoms with Crippen molar-refractivity contribution in [1.29, 1.82) is 0 Å². The Morgan fingerprint density at radius 1 is 0.500 bits per heavy atom. The zero-order chi connectivity index (χ0) is 30.4. The Morgan fingerprint density at radius 3 is 1.14 bits per heavy atom. The Labute approximate surface area is 232 Å². The SMILES string of the molecule is COn1c(=O)c2ccccc2c2c(C(F)(F)F)cccc21.COn1c(=O)c2ccccc2c2c(C(F)(F)F)cccc21. The molecule has 0 unspecified atom stereocenters. The summed E-state index contributed by atoms with van der Waals surface area (Å²) in [5.74, 6) is 0. The summed E-state index contributed by atoms with van der Waals surface area (Å²) in [6.07, 6.45) is -9.03. The highest BCUT2D eigenvalue weighted by Gasteiger charge is 2.35. The molecule has 0 saturated carbocycles. The van der Waals surface area contributed by atoms with E-state index in [4.69, 9.17) is 9.68 Å². The third kappa shape index (κ3) is 4.68. The maximum absolute atomic E-state index is 13.3. The second-order valence-electron chi connectivity index (χ2n) is 9.05. The predicted octanol–water partition coefficient (Wildman–Crippen LogP) is 6.46. The van der Waals surface area contributed by atoms with Crippen molar-refractivity contribution in [1.82, 2.24) is 9.46 Å². The molecule has 0 amide bonds. The van der Waals surface area contributed by atoms with E-state index in [0.717, 1.165) is 21.6 Å². The van der Waals surface area contributed by atoms with Crippen molar-refractivity contribution in [2.75, 3.05) is 14.2 Å². The average molecular weight is 586 g/mol. The highest BCUT2D eigenvalue weighted by Crippen LogP contribution is 2.38.